The Morgan fingerprint density at radius 2 is 1.02 bits per heavy atom. The highest BCUT2D eigenvalue weighted by Crippen LogP contribution is 2.48. The number of fused-ring (bicyclic) bond motifs is 13. The van der Waals surface area contributed by atoms with Crippen molar-refractivity contribution in [2.45, 2.75) is 31.6 Å². The smallest absolute Gasteiger partial charge is 0.220 e. The van der Waals surface area contributed by atoms with Gasteiger partial charge in [0.2, 0.25) is 5.78 Å². The zero-order chi connectivity index (χ0) is 30.4. The average molecular weight is 579 g/mol. The molecule has 1 fully saturated rings. The van der Waals surface area contributed by atoms with Crippen molar-refractivity contribution in [3.8, 4) is 50.2 Å². The monoisotopic (exact) mass is 578 g/mol. The minimum absolute atomic E-state index is 0.574. The molecule has 3 nitrogen and oxygen atoms in total. The van der Waals surface area contributed by atoms with Crippen LogP contribution >= 0.6 is 0 Å². The first-order valence-electron chi connectivity index (χ1n) is 16.5. The highest BCUT2D eigenvalue weighted by atomic mass is 15.2. The SMILES string of the molecule is [2H]C1(c2cccc3c2nc2n(-c4ccc5c(c4)-c4ccccc4-c4ccccc4-c4ccccc4-5)c4ccccc4n32)CCCC1. The fourth-order valence-electron chi connectivity index (χ4n) is 8.02. The van der Waals surface area contributed by atoms with Crippen LogP contribution in [0.4, 0.5) is 0 Å². The molecule has 0 radical (unpaired) electrons. The number of hydrogen-bond donors (Lipinski definition) is 0. The van der Waals surface area contributed by atoms with Gasteiger partial charge in [0.15, 0.2) is 0 Å². The van der Waals surface area contributed by atoms with Crippen molar-refractivity contribution in [3.63, 3.8) is 0 Å². The van der Waals surface area contributed by atoms with Gasteiger partial charge in [-0.15, -0.1) is 0 Å². The average Bonchev–Trinajstić information content (AvgIpc) is 3.81. The van der Waals surface area contributed by atoms with E-state index >= 15 is 0 Å². The molecule has 0 atom stereocenters. The van der Waals surface area contributed by atoms with Crippen molar-refractivity contribution in [3.05, 3.63) is 139 Å². The quantitative estimate of drug-likeness (QED) is 0.200. The zero-order valence-corrected chi connectivity index (χ0v) is 24.9. The molecule has 2 heterocycles. The molecular formula is C42H31N3. The van der Waals surface area contributed by atoms with Gasteiger partial charge >= 0.3 is 0 Å². The molecule has 0 aliphatic heterocycles. The summed E-state index contributed by atoms with van der Waals surface area (Å²) in [4.78, 5) is 5.38. The lowest BCUT2D eigenvalue weighted by Crippen LogP contribution is -2.00. The molecule has 8 aromatic rings. The Morgan fingerprint density at radius 3 is 1.64 bits per heavy atom. The second-order valence-electron chi connectivity index (χ2n) is 12.4. The van der Waals surface area contributed by atoms with Crippen LogP contribution in [0.1, 0.15) is 38.5 Å². The van der Waals surface area contributed by atoms with Crippen LogP contribution in [-0.4, -0.2) is 14.0 Å². The molecule has 2 aliphatic rings. The summed E-state index contributed by atoms with van der Waals surface area (Å²) >= 11 is 0. The third-order valence-electron chi connectivity index (χ3n) is 10.0. The molecule has 0 bridgehead atoms. The van der Waals surface area contributed by atoms with Crippen molar-refractivity contribution >= 4 is 27.8 Å². The van der Waals surface area contributed by atoms with Gasteiger partial charge in [0.25, 0.3) is 0 Å². The first kappa shape index (κ1) is 24.0. The van der Waals surface area contributed by atoms with Crippen LogP contribution in [0.5, 0.6) is 0 Å². The second-order valence-corrected chi connectivity index (χ2v) is 12.4. The summed E-state index contributed by atoms with van der Waals surface area (Å²) in [6, 6.07) is 48.3. The van der Waals surface area contributed by atoms with E-state index in [1.54, 1.807) is 0 Å². The highest BCUT2D eigenvalue weighted by molar-refractivity contribution is 6.03. The van der Waals surface area contributed by atoms with Crippen molar-refractivity contribution in [2.75, 3.05) is 0 Å². The van der Waals surface area contributed by atoms with Gasteiger partial charge in [-0.3, -0.25) is 8.97 Å². The van der Waals surface area contributed by atoms with Gasteiger partial charge in [-0.1, -0.05) is 116 Å². The summed E-state index contributed by atoms with van der Waals surface area (Å²) < 4.78 is 14.0. The van der Waals surface area contributed by atoms with E-state index in [9.17, 15) is 1.37 Å². The van der Waals surface area contributed by atoms with Gasteiger partial charge in [-0.2, -0.15) is 0 Å². The van der Waals surface area contributed by atoms with E-state index in [0.29, 0.717) is 0 Å². The van der Waals surface area contributed by atoms with Crippen LogP contribution in [0.25, 0.3) is 78.0 Å². The van der Waals surface area contributed by atoms with E-state index in [2.05, 4.69) is 142 Å². The molecule has 214 valence electrons. The van der Waals surface area contributed by atoms with Gasteiger partial charge < -0.3 is 0 Å². The number of aromatic nitrogens is 3. The maximum absolute atomic E-state index is 9.38. The Hall–Kier alpha value is -5.41. The molecule has 0 unspecified atom stereocenters. The molecule has 6 aromatic carbocycles. The molecule has 10 rings (SSSR count). The van der Waals surface area contributed by atoms with Crippen LogP contribution in [0.3, 0.4) is 0 Å². The normalized spacial score (nSPS) is 15.2. The highest BCUT2D eigenvalue weighted by Gasteiger charge is 2.25. The molecule has 45 heavy (non-hydrogen) atoms. The molecule has 2 aliphatic carbocycles. The lowest BCUT2D eigenvalue weighted by molar-refractivity contribution is 0.728. The lowest BCUT2D eigenvalue weighted by atomic mass is 9.81. The van der Waals surface area contributed by atoms with Gasteiger partial charge in [-0.25, -0.2) is 4.98 Å². The third-order valence-corrected chi connectivity index (χ3v) is 10.0. The van der Waals surface area contributed by atoms with Crippen LogP contribution in [-0.2, 0) is 0 Å². The second kappa shape index (κ2) is 9.54. The molecule has 0 saturated heterocycles. The number of rotatable bonds is 2. The largest absolute Gasteiger partial charge is 0.278 e. The molecule has 1 saturated carbocycles. The van der Waals surface area contributed by atoms with Gasteiger partial charge in [0.1, 0.15) is 0 Å². The van der Waals surface area contributed by atoms with Crippen LogP contribution in [0, 0.1) is 0 Å². The molecule has 0 N–H and O–H groups in total. The summed E-state index contributed by atoms with van der Waals surface area (Å²) in [5.41, 5.74) is 16.3. The van der Waals surface area contributed by atoms with Gasteiger partial charge in [0.05, 0.1) is 22.1 Å². The summed E-state index contributed by atoms with van der Waals surface area (Å²) in [6.45, 7) is 0. The van der Waals surface area contributed by atoms with E-state index in [1.807, 2.05) is 0 Å². The molecule has 2 aromatic heterocycles. The standard InChI is InChI=1S/C42H31N3/c1-2-13-27(12-1)29-20-11-23-40-41(29)43-42-44(38-21-9-10-22-39(38)45(40)42)28-24-25-36-34-18-6-5-16-32(34)30-14-3-4-15-31(30)33-17-7-8-19-35(33)37(36)26-28/h3-11,14-27H,1-2,12-13H2/i27D. The molecule has 0 spiro atoms. The molecular weight excluding hydrogens is 546 g/mol. The number of hydrogen-bond acceptors (Lipinski definition) is 1. The Kier molecular flexibility index (Phi) is 5.08. The third kappa shape index (κ3) is 3.55. The van der Waals surface area contributed by atoms with Crippen molar-refractivity contribution in [1.82, 2.24) is 14.0 Å². The zero-order valence-electron chi connectivity index (χ0n) is 25.9. The van der Waals surface area contributed by atoms with Gasteiger partial charge in [0, 0.05) is 7.06 Å². The van der Waals surface area contributed by atoms with Gasteiger partial charge in [-0.05, 0) is 99.1 Å². The van der Waals surface area contributed by atoms with Crippen molar-refractivity contribution < 1.29 is 1.37 Å². The van der Waals surface area contributed by atoms with E-state index in [-0.39, 0.29) is 0 Å². The molecule has 0 amide bonds. The number of benzene rings is 6. The Bertz CT molecular complexity index is 2500. The van der Waals surface area contributed by atoms with Crippen molar-refractivity contribution in [2.24, 2.45) is 0 Å². The predicted molar refractivity (Wildman–Crippen MR) is 186 cm³/mol. The summed E-state index contributed by atoms with van der Waals surface area (Å²) in [6.07, 6.45) is 3.99. The minimum Gasteiger partial charge on any atom is -0.278 e. The van der Waals surface area contributed by atoms with E-state index in [0.717, 1.165) is 64.8 Å². The summed E-state index contributed by atoms with van der Waals surface area (Å²) in [5.74, 6) is 0.310. The lowest BCUT2D eigenvalue weighted by Gasteiger charge is -2.23. The predicted octanol–water partition coefficient (Wildman–Crippen LogP) is 11.1. The van der Waals surface area contributed by atoms with Crippen LogP contribution in [0.2, 0.25) is 0 Å². The maximum Gasteiger partial charge on any atom is 0.220 e. The molecule has 3 heteroatoms. The Labute approximate surface area is 263 Å². The minimum atomic E-state index is -0.574. The van der Waals surface area contributed by atoms with Crippen LogP contribution in [0.15, 0.2) is 133 Å². The Morgan fingerprint density at radius 1 is 0.511 bits per heavy atom. The number of nitrogens with zero attached hydrogens (tertiary/aromatic N) is 3. The van der Waals surface area contributed by atoms with Crippen LogP contribution < -0.4 is 0 Å². The summed E-state index contributed by atoms with van der Waals surface area (Å²) in [7, 11) is 0. The number of imidazole rings is 2. The topological polar surface area (TPSA) is 22.2 Å². The fraction of sp³-hybridized carbons (Fsp3) is 0.119. The summed E-state index contributed by atoms with van der Waals surface area (Å²) in [5, 5.41) is 0. The van der Waals surface area contributed by atoms with Crippen molar-refractivity contribution in [1.29, 1.82) is 0 Å². The maximum atomic E-state index is 9.38. The first-order chi connectivity index (χ1) is 22.7. The number of para-hydroxylation sites is 3. The Balaban J connectivity index is 1.29. The van der Waals surface area contributed by atoms with E-state index in [4.69, 9.17) is 4.98 Å². The van der Waals surface area contributed by atoms with E-state index < -0.39 is 5.89 Å². The van der Waals surface area contributed by atoms with E-state index in [1.165, 1.54) is 44.5 Å². The first-order valence-corrected chi connectivity index (χ1v) is 16.0. The fourth-order valence-corrected chi connectivity index (χ4v) is 8.02.